The molecule has 11 nitrogen and oxygen atoms in total. The third kappa shape index (κ3) is 10.3. The standard InChI is InChI=1S/C21H34N6O3.C8H7ClF3N.C2H4O/c1-5-18-19(25-10-8-23(3)9-11-25)21(29)27(16-26(18)12-13-28)24(4)20(22-2)17-6-14-30-15-7-17;1-13-7-3-2-5(4-6(7)9)8(10,11)12;1-2-3/h6,13,20H,2,5,7-12,14-16H2,1,3-4H3;2-4,13H,1H3;2H,1H3. The summed E-state index contributed by atoms with van der Waals surface area (Å²) in [5.41, 5.74) is 2.48. The third-order valence-corrected chi connectivity index (χ3v) is 7.96. The van der Waals surface area contributed by atoms with E-state index in [0.717, 1.165) is 68.6 Å². The molecule has 0 radical (unpaired) electrons. The van der Waals surface area contributed by atoms with Gasteiger partial charge in [-0.1, -0.05) is 24.6 Å². The largest absolute Gasteiger partial charge is 0.416 e. The maximum atomic E-state index is 13.7. The molecule has 1 atom stereocenters. The van der Waals surface area contributed by atoms with Gasteiger partial charge in [0.15, 0.2) is 0 Å². The van der Waals surface area contributed by atoms with Gasteiger partial charge in [0.1, 0.15) is 31.1 Å². The second-order valence-corrected chi connectivity index (χ2v) is 11.0. The Morgan fingerprint density at radius 3 is 2.35 bits per heavy atom. The van der Waals surface area contributed by atoms with Gasteiger partial charge in [0.05, 0.1) is 36.0 Å². The first-order valence-electron chi connectivity index (χ1n) is 14.9. The second kappa shape index (κ2) is 18.6. The number of alkyl halides is 3. The molecule has 0 aliphatic carbocycles. The number of likely N-dealkylation sites (N-methyl/N-ethyl adjacent to an activating group) is 2. The van der Waals surface area contributed by atoms with Gasteiger partial charge in [-0.25, -0.2) is 5.01 Å². The summed E-state index contributed by atoms with van der Waals surface area (Å²) in [7, 11) is 5.55. The quantitative estimate of drug-likeness (QED) is 0.237. The maximum absolute atomic E-state index is 13.7. The van der Waals surface area contributed by atoms with E-state index in [9.17, 15) is 22.8 Å². The van der Waals surface area contributed by atoms with Crippen LogP contribution in [0.4, 0.5) is 18.9 Å². The Bertz CT molecular complexity index is 1250. The van der Waals surface area contributed by atoms with Crippen LogP contribution in [0, 0.1) is 0 Å². The maximum Gasteiger partial charge on any atom is 0.416 e. The number of allylic oxidation sites excluding steroid dienone is 1. The van der Waals surface area contributed by atoms with E-state index >= 15 is 0 Å². The van der Waals surface area contributed by atoms with E-state index in [1.54, 1.807) is 12.1 Å². The summed E-state index contributed by atoms with van der Waals surface area (Å²) in [6, 6.07) is 3.18. The highest BCUT2D eigenvalue weighted by molar-refractivity contribution is 6.33. The van der Waals surface area contributed by atoms with Crippen molar-refractivity contribution in [2.45, 2.75) is 39.0 Å². The number of hydrazine groups is 1. The Kier molecular flexibility index (Phi) is 15.7. The molecule has 1 aromatic carbocycles. The molecule has 1 saturated heterocycles. The molecule has 1 amide bonds. The van der Waals surface area contributed by atoms with E-state index in [4.69, 9.17) is 21.1 Å². The minimum Gasteiger partial charge on any atom is -0.387 e. The zero-order valence-electron chi connectivity index (χ0n) is 27.1. The molecule has 0 bridgehead atoms. The van der Waals surface area contributed by atoms with E-state index < -0.39 is 11.7 Å². The van der Waals surface area contributed by atoms with Crippen LogP contribution in [-0.2, 0) is 25.3 Å². The number of nitrogens with zero attached hydrogens (tertiary/aromatic N) is 6. The van der Waals surface area contributed by atoms with Crippen molar-refractivity contribution in [2.75, 3.05) is 79.1 Å². The van der Waals surface area contributed by atoms with E-state index in [1.807, 2.05) is 30.0 Å². The van der Waals surface area contributed by atoms with Crippen LogP contribution in [0.3, 0.4) is 0 Å². The molecule has 3 aliphatic rings. The number of nitrogens with one attached hydrogen (secondary N) is 1. The van der Waals surface area contributed by atoms with Crippen molar-refractivity contribution in [3.8, 4) is 0 Å². The van der Waals surface area contributed by atoms with Crippen molar-refractivity contribution in [1.82, 2.24) is 24.7 Å². The lowest BCUT2D eigenvalue weighted by Crippen LogP contribution is -2.60. The highest BCUT2D eigenvalue weighted by Gasteiger charge is 2.39. The van der Waals surface area contributed by atoms with Crippen LogP contribution >= 0.6 is 11.6 Å². The third-order valence-electron chi connectivity index (χ3n) is 7.65. The van der Waals surface area contributed by atoms with Crippen molar-refractivity contribution < 1.29 is 32.3 Å². The average molecular weight is 672 g/mol. The monoisotopic (exact) mass is 671 g/mol. The molecule has 4 rings (SSSR count). The van der Waals surface area contributed by atoms with Crippen LogP contribution < -0.4 is 5.32 Å². The Labute approximate surface area is 274 Å². The number of anilines is 1. The Morgan fingerprint density at radius 1 is 1.22 bits per heavy atom. The number of carbonyl (C=O) groups is 3. The highest BCUT2D eigenvalue weighted by Crippen LogP contribution is 2.33. The van der Waals surface area contributed by atoms with Crippen LogP contribution in [-0.4, -0.2) is 130 Å². The van der Waals surface area contributed by atoms with Crippen molar-refractivity contribution in [3.05, 3.63) is 51.8 Å². The number of aldehydes is 2. The number of carbonyl (C=O) groups excluding carboxylic acids is 3. The van der Waals surface area contributed by atoms with E-state index in [2.05, 4.69) is 33.9 Å². The van der Waals surface area contributed by atoms with Crippen molar-refractivity contribution >= 4 is 42.5 Å². The SMILES string of the molecule is C=NC(C1=CCOCC1)N(C)N1CN(CC=O)C(CC)=C(N2CCN(C)CC2)C1=O.CC=O.CNc1ccc(C(F)(F)F)cc1Cl. The molecule has 0 spiro atoms. The smallest absolute Gasteiger partial charge is 0.387 e. The van der Waals surface area contributed by atoms with Crippen LogP contribution in [0.1, 0.15) is 32.3 Å². The molecule has 1 N–H and O–H groups in total. The van der Waals surface area contributed by atoms with Gasteiger partial charge in [-0.3, -0.25) is 9.79 Å². The summed E-state index contributed by atoms with van der Waals surface area (Å²) in [6.45, 7) is 12.4. The number of amides is 1. The number of benzene rings is 1. The fourth-order valence-corrected chi connectivity index (χ4v) is 5.50. The molecule has 46 heavy (non-hydrogen) atoms. The van der Waals surface area contributed by atoms with Crippen LogP contribution in [0.5, 0.6) is 0 Å². The predicted octanol–water partition coefficient (Wildman–Crippen LogP) is 3.98. The molecular formula is C31H45ClF3N7O4. The van der Waals surface area contributed by atoms with E-state index in [1.165, 1.54) is 13.0 Å². The lowest BCUT2D eigenvalue weighted by Gasteiger charge is -2.47. The number of aliphatic imine (C=N–C) groups is 1. The number of hydrogen-bond donors (Lipinski definition) is 1. The minimum absolute atomic E-state index is 0.0395. The summed E-state index contributed by atoms with van der Waals surface area (Å²) in [6.07, 6.45) is 0.449. The van der Waals surface area contributed by atoms with Gasteiger partial charge in [-0.05, 0) is 57.3 Å². The van der Waals surface area contributed by atoms with Gasteiger partial charge in [0.2, 0.25) is 0 Å². The number of rotatable bonds is 9. The molecule has 15 heteroatoms. The molecule has 3 aliphatic heterocycles. The fourth-order valence-electron chi connectivity index (χ4n) is 5.22. The lowest BCUT2D eigenvalue weighted by molar-refractivity contribution is -0.156. The summed E-state index contributed by atoms with van der Waals surface area (Å²) in [4.78, 5) is 44.7. The number of ether oxygens (including phenoxy) is 1. The average Bonchev–Trinajstić information content (AvgIpc) is 3.03. The first-order chi connectivity index (χ1) is 21.9. The van der Waals surface area contributed by atoms with Gasteiger partial charge in [0.25, 0.3) is 5.91 Å². The number of piperazine rings is 1. The Hall–Kier alpha value is -3.46. The van der Waals surface area contributed by atoms with Gasteiger partial charge in [-0.15, -0.1) is 0 Å². The number of halogens is 4. The summed E-state index contributed by atoms with van der Waals surface area (Å²) < 4.78 is 41.8. The van der Waals surface area contributed by atoms with Crippen molar-refractivity contribution in [1.29, 1.82) is 0 Å². The predicted molar refractivity (Wildman–Crippen MR) is 173 cm³/mol. The minimum atomic E-state index is -4.34. The summed E-state index contributed by atoms with van der Waals surface area (Å²) in [5.74, 6) is -0.0395. The lowest BCUT2D eigenvalue weighted by atomic mass is 10.1. The second-order valence-electron chi connectivity index (χ2n) is 10.6. The molecule has 256 valence electrons. The Balaban J connectivity index is 0.000000382. The van der Waals surface area contributed by atoms with Gasteiger partial charge in [0, 0.05) is 46.0 Å². The first-order valence-corrected chi connectivity index (χ1v) is 15.3. The molecule has 1 aromatic rings. The van der Waals surface area contributed by atoms with Crippen LogP contribution in [0.2, 0.25) is 5.02 Å². The Morgan fingerprint density at radius 2 is 1.87 bits per heavy atom. The van der Waals surface area contributed by atoms with Crippen molar-refractivity contribution in [2.24, 2.45) is 4.99 Å². The van der Waals surface area contributed by atoms with E-state index in [0.29, 0.717) is 37.7 Å². The number of hydrogen-bond acceptors (Lipinski definition) is 10. The molecule has 0 aromatic heterocycles. The fraction of sp³-hybridized carbons (Fsp3) is 0.548. The van der Waals surface area contributed by atoms with Crippen molar-refractivity contribution in [3.63, 3.8) is 0 Å². The van der Waals surface area contributed by atoms with Gasteiger partial charge in [-0.2, -0.15) is 18.2 Å². The zero-order chi connectivity index (χ0) is 34.4. The van der Waals surface area contributed by atoms with E-state index in [-0.39, 0.29) is 23.6 Å². The highest BCUT2D eigenvalue weighted by atomic mass is 35.5. The molecule has 3 heterocycles. The molecule has 0 saturated carbocycles. The van der Waals surface area contributed by atoms with Gasteiger partial charge < -0.3 is 34.3 Å². The zero-order valence-corrected chi connectivity index (χ0v) is 27.9. The summed E-state index contributed by atoms with van der Waals surface area (Å²) in [5, 5.41) is 6.30. The van der Waals surface area contributed by atoms with Gasteiger partial charge >= 0.3 is 6.18 Å². The molecular weight excluding hydrogens is 627 g/mol. The molecule has 1 fully saturated rings. The normalized spacial score (nSPS) is 18.2. The van der Waals surface area contributed by atoms with Crippen LogP contribution in [0.25, 0.3) is 0 Å². The van der Waals surface area contributed by atoms with Crippen LogP contribution in [0.15, 0.2) is 46.2 Å². The topological polar surface area (TPSA) is 101 Å². The summed E-state index contributed by atoms with van der Waals surface area (Å²) >= 11 is 5.57. The molecule has 1 unspecified atom stereocenters. The first kappa shape index (κ1) is 38.7.